The first kappa shape index (κ1) is 15.2. The van der Waals surface area contributed by atoms with Crippen LogP contribution >= 0.6 is 0 Å². The Morgan fingerprint density at radius 2 is 0.947 bits per heavy atom. The van der Waals surface area contributed by atoms with Crippen molar-refractivity contribution in [3.63, 3.8) is 0 Å². The summed E-state index contributed by atoms with van der Waals surface area (Å²) in [7, 11) is 0. The van der Waals surface area contributed by atoms with Crippen molar-refractivity contribution in [3.05, 3.63) is 0 Å². The van der Waals surface area contributed by atoms with E-state index < -0.39 is 0 Å². The molecule has 4 aliphatic heterocycles. The minimum atomic E-state index is 0.690. The molecule has 0 spiro atoms. The van der Waals surface area contributed by atoms with Crippen molar-refractivity contribution in [3.8, 4) is 0 Å². The van der Waals surface area contributed by atoms with Crippen molar-refractivity contribution >= 4 is 0 Å². The summed E-state index contributed by atoms with van der Waals surface area (Å²) in [6.07, 6.45) is 0. The fourth-order valence-corrected chi connectivity index (χ4v) is 3.56. The Hall–Kier alpha value is -0.200. The van der Waals surface area contributed by atoms with E-state index in [1.54, 1.807) is 0 Å². The molecule has 0 aromatic carbocycles. The molecule has 0 N–H and O–H groups in total. The molecule has 19 heavy (non-hydrogen) atoms. The van der Waals surface area contributed by atoms with Crippen molar-refractivity contribution < 1.29 is 0 Å². The van der Waals surface area contributed by atoms with E-state index in [9.17, 15) is 0 Å². The van der Waals surface area contributed by atoms with Gasteiger partial charge in [-0.2, -0.15) is 0 Å². The predicted molar refractivity (Wildman–Crippen MR) is 79.2 cm³/mol. The molecule has 4 fully saturated rings. The van der Waals surface area contributed by atoms with Crippen LogP contribution in [0.15, 0.2) is 0 Å². The highest BCUT2D eigenvalue weighted by Crippen LogP contribution is 2.20. The standard InChI is InChI=1S/C8H19N.C6H12N4/c1-6-9(7(2)3)8(4)5;1-7-2-9-4-8(1)5-10(3-7)6-9/h7-8H,6H2,1-5H3;1-6H2. The number of hydrogen-bond acceptors (Lipinski definition) is 5. The van der Waals surface area contributed by atoms with Crippen LogP contribution in [0.4, 0.5) is 0 Å². The average Bonchev–Trinajstić information content (AvgIpc) is 2.27. The van der Waals surface area contributed by atoms with Gasteiger partial charge in [-0.1, -0.05) is 6.92 Å². The molecule has 4 rings (SSSR count). The molecule has 0 radical (unpaired) electrons. The van der Waals surface area contributed by atoms with Crippen LogP contribution in [0.3, 0.4) is 0 Å². The second kappa shape index (κ2) is 6.50. The zero-order valence-corrected chi connectivity index (χ0v) is 13.3. The fourth-order valence-electron chi connectivity index (χ4n) is 3.56. The molecule has 5 heteroatoms. The molecule has 4 bridgehead atoms. The Balaban J connectivity index is 0.000000142. The minimum Gasteiger partial charge on any atom is -0.299 e. The number of rotatable bonds is 3. The molecule has 4 heterocycles. The van der Waals surface area contributed by atoms with Gasteiger partial charge in [0, 0.05) is 12.1 Å². The summed E-state index contributed by atoms with van der Waals surface area (Å²) in [6.45, 7) is 19.5. The van der Waals surface area contributed by atoms with Gasteiger partial charge in [-0.3, -0.25) is 24.5 Å². The number of hydrogen-bond donors (Lipinski definition) is 0. The summed E-state index contributed by atoms with van der Waals surface area (Å²) in [6, 6.07) is 1.38. The molecule has 0 amide bonds. The van der Waals surface area contributed by atoms with Crippen LogP contribution in [0.25, 0.3) is 0 Å². The highest BCUT2D eigenvalue weighted by Gasteiger charge is 2.36. The smallest absolute Gasteiger partial charge is 0.0555 e. The van der Waals surface area contributed by atoms with E-state index >= 15 is 0 Å². The second-order valence-corrected chi connectivity index (χ2v) is 6.55. The maximum Gasteiger partial charge on any atom is 0.0555 e. The SMILES string of the molecule is C1N2CN3CN1CN(C2)C3.CCN(C(C)C)C(C)C. The molecule has 112 valence electrons. The molecule has 0 atom stereocenters. The van der Waals surface area contributed by atoms with Crippen LogP contribution in [0.2, 0.25) is 0 Å². The molecule has 0 aliphatic carbocycles. The molecule has 0 unspecified atom stereocenters. The Morgan fingerprint density at radius 1 is 0.684 bits per heavy atom. The first-order valence-corrected chi connectivity index (χ1v) is 7.64. The van der Waals surface area contributed by atoms with E-state index in [2.05, 4.69) is 59.1 Å². The van der Waals surface area contributed by atoms with E-state index in [0.29, 0.717) is 12.1 Å². The van der Waals surface area contributed by atoms with Crippen LogP contribution in [0, 0.1) is 0 Å². The van der Waals surface area contributed by atoms with Gasteiger partial charge in [-0.25, -0.2) is 0 Å². The van der Waals surface area contributed by atoms with E-state index in [-0.39, 0.29) is 0 Å². The molecule has 5 nitrogen and oxygen atoms in total. The largest absolute Gasteiger partial charge is 0.299 e. The van der Waals surface area contributed by atoms with Gasteiger partial charge >= 0.3 is 0 Å². The molecule has 4 saturated heterocycles. The molecular formula is C14H31N5. The Morgan fingerprint density at radius 3 is 1.05 bits per heavy atom. The van der Waals surface area contributed by atoms with E-state index in [1.807, 2.05) is 0 Å². The van der Waals surface area contributed by atoms with Crippen LogP contribution < -0.4 is 0 Å². The van der Waals surface area contributed by atoms with Crippen molar-refractivity contribution in [2.45, 2.75) is 46.7 Å². The predicted octanol–water partition coefficient (Wildman–Crippen LogP) is 1.11. The van der Waals surface area contributed by atoms with Crippen LogP contribution in [0.5, 0.6) is 0 Å². The van der Waals surface area contributed by atoms with E-state index in [4.69, 9.17) is 0 Å². The molecule has 0 aromatic heterocycles. The Labute approximate surface area is 118 Å². The lowest BCUT2D eigenvalue weighted by atomic mass is 10.2. The fraction of sp³-hybridized carbons (Fsp3) is 1.00. The van der Waals surface area contributed by atoms with Crippen molar-refractivity contribution in [2.24, 2.45) is 0 Å². The Bertz CT molecular complexity index is 214. The summed E-state index contributed by atoms with van der Waals surface area (Å²) >= 11 is 0. The lowest BCUT2D eigenvalue weighted by Crippen LogP contribution is -2.71. The maximum atomic E-state index is 2.47. The minimum absolute atomic E-state index is 0.690. The Kier molecular flexibility index (Phi) is 5.20. The number of nitrogens with zero attached hydrogens (tertiary/aromatic N) is 5. The lowest BCUT2D eigenvalue weighted by Gasteiger charge is -2.56. The monoisotopic (exact) mass is 269 g/mol. The first-order valence-electron chi connectivity index (χ1n) is 7.64. The molecular weight excluding hydrogens is 238 g/mol. The zero-order valence-electron chi connectivity index (χ0n) is 13.3. The van der Waals surface area contributed by atoms with E-state index in [1.165, 1.54) is 40.0 Å². The second-order valence-electron chi connectivity index (χ2n) is 6.55. The molecule has 4 aliphatic rings. The normalized spacial score (nSPS) is 36.0. The highest BCUT2D eigenvalue weighted by atomic mass is 15.7. The zero-order chi connectivity index (χ0) is 14.0. The van der Waals surface area contributed by atoms with E-state index in [0.717, 1.165) is 6.54 Å². The summed E-state index contributed by atoms with van der Waals surface area (Å²) in [5.74, 6) is 0. The highest BCUT2D eigenvalue weighted by molar-refractivity contribution is 4.79. The van der Waals surface area contributed by atoms with Gasteiger partial charge in [0.25, 0.3) is 0 Å². The third-order valence-electron chi connectivity index (χ3n) is 4.09. The summed E-state index contributed by atoms with van der Waals surface area (Å²) in [5.41, 5.74) is 0. The first-order chi connectivity index (χ1) is 8.99. The van der Waals surface area contributed by atoms with Crippen LogP contribution in [0.1, 0.15) is 34.6 Å². The van der Waals surface area contributed by atoms with Gasteiger partial charge in [-0.05, 0) is 34.2 Å². The summed E-state index contributed by atoms with van der Waals surface area (Å²) in [4.78, 5) is 12.3. The maximum absolute atomic E-state index is 2.47. The summed E-state index contributed by atoms with van der Waals surface area (Å²) < 4.78 is 0. The van der Waals surface area contributed by atoms with Crippen LogP contribution in [-0.4, -0.2) is 83.1 Å². The third-order valence-corrected chi connectivity index (χ3v) is 4.09. The molecule has 0 saturated carbocycles. The lowest BCUT2D eigenvalue weighted by molar-refractivity contribution is -0.194. The average molecular weight is 269 g/mol. The van der Waals surface area contributed by atoms with Crippen molar-refractivity contribution in [1.29, 1.82) is 0 Å². The third kappa shape index (κ3) is 3.89. The van der Waals surface area contributed by atoms with Crippen LogP contribution in [-0.2, 0) is 0 Å². The van der Waals surface area contributed by atoms with Crippen molar-refractivity contribution in [1.82, 2.24) is 24.5 Å². The molecule has 0 aromatic rings. The van der Waals surface area contributed by atoms with Gasteiger partial charge in [0.15, 0.2) is 0 Å². The van der Waals surface area contributed by atoms with Gasteiger partial charge < -0.3 is 0 Å². The topological polar surface area (TPSA) is 16.2 Å². The van der Waals surface area contributed by atoms with Gasteiger partial charge in [0.1, 0.15) is 0 Å². The quantitative estimate of drug-likeness (QED) is 0.760. The van der Waals surface area contributed by atoms with Crippen molar-refractivity contribution in [2.75, 3.05) is 46.6 Å². The van der Waals surface area contributed by atoms with Gasteiger partial charge in [0.2, 0.25) is 0 Å². The summed E-state index contributed by atoms with van der Waals surface area (Å²) in [5, 5.41) is 0. The van der Waals surface area contributed by atoms with Gasteiger partial charge in [0.05, 0.1) is 40.0 Å². The van der Waals surface area contributed by atoms with Gasteiger partial charge in [-0.15, -0.1) is 0 Å².